The largest absolute Gasteiger partial charge is 0.592 e. The molecule has 2 heterocycles. The number of hydrogen-bond acceptors (Lipinski definition) is 10. The number of aromatic hydroxyl groups is 1. The van der Waals surface area contributed by atoms with E-state index < -0.39 is 12.2 Å². The first kappa shape index (κ1) is 45.8. The van der Waals surface area contributed by atoms with Crippen LogP contribution in [0.3, 0.4) is 0 Å². The molecule has 2 bridgehead atoms. The first-order valence-electron chi connectivity index (χ1n) is 22.9. The number of aryl methyl sites for hydroxylation is 1. The lowest BCUT2D eigenvalue weighted by atomic mass is 9.64. The number of aliphatic imine (C=N–C) groups is 2. The molecule has 12 nitrogen and oxygen atoms in total. The number of ether oxygens (including phenoxy) is 2. The topological polar surface area (TPSA) is 200 Å². The van der Waals surface area contributed by atoms with Crippen LogP contribution in [-0.2, 0) is 11.2 Å². The summed E-state index contributed by atoms with van der Waals surface area (Å²) in [5, 5.41) is 48.9. The Morgan fingerprint density at radius 2 is 1.97 bits per heavy atom. The average molecular weight is 831 g/mol. The Morgan fingerprint density at radius 3 is 2.75 bits per heavy atom. The van der Waals surface area contributed by atoms with Crippen molar-refractivity contribution in [1.29, 1.82) is 0 Å². The summed E-state index contributed by atoms with van der Waals surface area (Å²) in [6.45, 7) is 6.83. The van der Waals surface area contributed by atoms with E-state index >= 15 is 0 Å². The molecule has 7 rings (SSSR count). The van der Waals surface area contributed by atoms with Crippen LogP contribution in [0.1, 0.15) is 103 Å². The van der Waals surface area contributed by atoms with Crippen LogP contribution in [0.4, 0.5) is 0 Å². The Bertz CT molecular complexity index is 1690. The van der Waals surface area contributed by atoms with Gasteiger partial charge in [-0.05, 0) is 93.9 Å². The number of nitrogens with two attached hydrogens (primary N) is 2. The fraction of sp³-hybridized carbons (Fsp3) is 0.667. The van der Waals surface area contributed by atoms with Crippen molar-refractivity contribution in [2.24, 2.45) is 56.5 Å². The summed E-state index contributed by atoms with van der Waals surface area (Å²) in [5.41, 5.74) is 15.1. The molecule has 12 heteroatoms. The molecule has 0 saturated heterocycles. The van der Waals surface area contributed by atoms with E-state index in [1.54, 1.807) is 20.0 Å². The maximum atomic E-state index is 11.4. The second kappa shape index (κ2) is 21.9. The molecule has 2 saturated carbocycles. The van der Waals surface area contributed by atoms with Crippen molar-refractivity contribution in [3.63, 3.8) is 0 Å². The second-order valence-electron chi connectivity index (χ2n) is 18.3. The average Bonchev–Trinajstić information content (AvgIpc) is 3.96. The molecule has 1 aromatic rings. The molecule has 6 aliphatic rings. The molecule has 0 amide bonds. The highest BCUT2D eigenvalue weighted by Crippen LogP contribution is 2.60. The molecule has 2 aliphatic heterocycles. The van der Waals surface area contributed by atoms with Gasteiger partial charge in [-0.2, -0.15) is 12.0 Å². The van der Waals surface area contributed by atoms with Crippen molar-refractivity contribution < 1.29 is 29.9 Å². The molecule has 10 N–H and O–H groups in total. The Kier molecular flexibility index (Phi) is 16.7. The fourth-order valence-electron chi connectivity index (χ4n) is 10.5. The molecule has 9 atom stereocenters. The minimum absolute atomic E-state index is 0.0200. The van der Waals surface area contributed by atoms with Gasteiger partial charge in [-0.25, -0.2) is 0 Å². The van der Waals surface area contributed by atoms with E-state index in [1.807, 2.05) is 18.2 Å². The number of nitrogens with zero attached hydrogens (tertiary/aromatic N) is 2. The Hall–Kier alpha value is -3.68. The molecule has 1 aromatic carbocycles. The second-order valence-corrected chi connectivity index (χ2v) is 18.3. The molecular weight excluding hydrogens is 757 g/mol. The Balaban J connectivity index is 0.953. The minimum Gasteiger partial charge on any atom is -0.592 e. The molecule has 9 unspecified atom stereocenters. The van der Waals surface area contributed by atoms with Gasteiger partial charge in [0.15, 0.2) is 35.3 Å². The number of unbranched alkanes of at least 4 members (excludes halogenated alkanes) is 1. The van der Waals surface area contributed by atoms with Gasteiger partial charge in [0.05, 0.1) is 24.0 Å². The fourth-order valence-corrected chi connectivity index (χ4v) is 10.5. The summed E-state index contributed by atoms with van der Waals surface area (Å²) in [6.07, 6.45) is 22.2. The summed E-state index contributed by atoms with van der Waals surface area (Å²) in [5.74, 6) is 4.87. The van der Waals surface area contributed by atoms with Crippen molar-refractivity contribution in [2.45, 2.75) is 122 Å². The lowest BCUT2D eigenvalue weighted by Crippen LogP contribution is -2.41. The zero-order valence-electron chi connectivity index (χ0n) is 36.5. The summed E-state index contributed by atoms with van der Waals surface area (Å²) < 4.78 is 12.4. The summed E-state index contributed by atoms with van der Waals surface area (Å²) >= 11 is 0. The number of hydrogen-bond donors (Lipinski definition) is 8. The molecule has 2 fully saturated rings. The molecule has 0 aromatic heterocycles. The van der Waals surface area contributed by atoms with Crippen molar-refractivity contribution >= 4 is 11.7 Å². The zero-order chi connectivity index (χ0) is 42.6. The van der Waals surface area contributed by atoms with Gasteiger partial charge < -0.3 is 52.0 Å². The van der Waals surface area contributed by atoms with Gasteiger partial charge in [-0.1, -0.05) is 75.8 Å². The third kappa shape index (κ3) is 11.6. The highest BCUT2D eigenvalue weighted by Gasteiger charge is 2.59. The number of nitrogens with one attached hydrogen (secondary N) is 2. The van der Waals surface area contributed by atoms with E-state index in [0.29, 0.717) is 61.4 Å². The molecule has 332 valence electrons. The standard InChI is InChI=1S/C48H74N6O6/c1-31(26-53-47(50)51-3)8-6-10-33(18-21-49)9-4-5-12-44-36(29-55)24-38(60-44)15-13-34-14-16-42(57)45(22-34)59-30-43(58)41-25-39-40(28-52-27-32(2)56)48-19-7-11-37(48)23-35(17-20-48)46(39)54-41/h14,16-17,20,22,24-25,31-33,35,37,40,43-44,52,55-58H,4-13,15,18-19,21,23,26-30,49H2,1-3H3,(H3,50,51,53). The van der Waals surface area contributed by atoms with E-state index in [2.05, 4.69) is 40.8 Å². The predicted octanol–water partition coefficient (Wildman–Crippen LogP) is 5.66. The third-order valence-corrected chi connectivity index (χ3v) is 13.9. The Labute approximate surface area is 359 Å². The third-order valence-electron chi connectivity index (χ3n) is 13.9. The molecule has 4 aliphatic carbocycles. The molecule has 1 spiro atoms. The highest BCUT2D eigenvalue weighted by atomic mass is 16.5. The van der Waals surface area contributed by atoms with E-state index in [1.165, 1.54) is 31.3 Å². The van der Waals surface area contributed by atoms with Crippen molar-refractivity contribution in [3.05, 3.63) is 71.4 Å². The van der Waals surface area contributed by atoms with Crippen LogP contribution in [0.2, 0.25) is 0 Å². The maximum Gasteiger partial charge on any atom is 0.196 e. The van der Waals surface area contributed by atoms with Crippen molar-refractivity contribution in [1.82, 2.24) is 10.6 Å². The number of allylic oxidation sites excluding steroid dienone is 3. The SMILES string of the molecule is CN=C(N)NCC(C)CCCC(CCN)CCCCC1OC(CCc2ccc(O)c(OCC(O)[C+]3C=C4C(=N3)C3C=CC5(CCCC5C3)C4CNCC(C)O)c2)=C[C-]1CO. The van der Waals surface area contributed by atoms with Gasteiger partial charge in [0.25, 0.3) is 0 Å². The van der Waals surface area contributed by atoms with Gasteiger partial charge in [0, 0.05) is 44.8 Å². The first-order chi connectivity index (χ1) is 29.0. The predicted molar refractivity (Wildman–Crippen MR) is 239 cm³/mol. The number of phenols is 1. The lowest BCUT2D eigenvalue weighted by molar-refractivity contribution is 0.119. The van der Waals surface area contributed by atoms with E-state index in [4.69, 9.17) is 25.9 Å². The Morgan fingerprint density at radius 1 is 1.13 bits per heavy atom. The molecular formula is C48H74N6O6. The van der Waals surface area contributed by atoms with E-state index in [-0.39, 0.29) is 42.3 Å². The van der Waals surface area contributed by atoms with Crippen molar-refractivity contribution in [2.75, 3.05) is 46.4 Å². The maximum absolute atomic E-state index is 11.4. The van der Waals surface area contributed by atoms with Crippen LogP contribution in [0.5, 0.6) is 11.5 Å². The zero-order valence-corrected chi connectivity index (χ0v) is 36.5. The number of benzene rings is 1. The van der Waals surface area contributed by atoms with Crippen molar-refractivity contribution in [3.8, 4) is 11.5 Å². The number of rotatable bonds is 25. The van der Waals surface area contributed by atoms with Crippen LogP contribution in [0.15, 0.2) is 63.8 Å². The van der Waals surface area contributed by atoms with Gasteiger partial charge in [-0.3, -0.25) is 4.99 Å². The van der Waals surface area contributed by atoms with Crippen LogP contribution in [-0.4, -0.2) is 96.8 Å². The van der Waals surface area contributed by atoms with Gasteiger partial charge >= 0.3 is 0 Å². The quantitative estimate of drug-likeness (QED) is 0.0200. The van der Waals surface area contributed by atoms with Gasteiger partial charge in [0.1, 0.15) is 12.2 Å². The molecule has 60 heavy (non-hydrogen) atoms. The van der Waals surface area contributed by atoms with Crippen LogP contribution < -0.4 is 26.8 Å². The highest BCUT2D eigenvalue weighted by molar-refractivity contribution is 6.07. The van der Waals surface area contributed by atoms with Crippen LogP contribution in [0, 0.1) is 47.0 Å². The number of aliphatic hydroxyl groups excluding tert-OH is 3. The monoisotopic (exact) mass is 831 g/mol. The smallest absolute Gasteiger partial charge is 0.196 e. The lowest BCUT2D eigenvalue weighted by Gasteiger charge is -2.39. The van der Waals surface area contributed by atoms with E-state index in [9.17, 15) is 20.4 Å². The number of guanidine groups is 1. The number of aliphatic hydroxyl groups is 3. The van der Waals surface area contributed by atoms with Gasteiger partial charge in [0.2, 0.25) is 0 Å². The molecule has 0 radical (unpaired) electrons. The normalized spacial score (nSPS) is 26.4. The first-order valence-corrected chi connectivity index (χ1v) is 22.9. The minimum atomic E-state index is -0.957. The summed E-state index contributed by atoms with van der Waals surface area (Å²) in [7, 11) is 1.69. The number of phenolic OH excluding ortho intramolecular Hbond substituents is 1. The van der Waals surface area contributed by atoms with Crippen LogP contribution >= 0.6 is 0 Å². The van der Waals surface area contributed by atoms with Crippen LogP contribution in [0.25, 0.3) is 0 Å². The van der Waals surface area contributed by atoms with Gasteiger partial charge in [-0.15, -0.1) is 4.99 Å². The summed E-state index contributed by atoms with van der Waals surface area (Å²) in [4.78, 5) is 9.01. The van der Waals surface area contributed by atoms with E-state index in [0.717, 1.165) is 87.4 Å². The summed E-state index contributed by atoms with van der Waals surface area (Å²) in [6, 6.07) is 5.96.